The van der Waals surface area contributed by atoms with Crippen molar-refractivity contribution >= 4 is 16.9 Å². The van der Waals surface area contributed by atoms with Crippen LogP contribution in [0.25, 0.3) is 22.3 Å². The monoisotopic (exact) mass is 386 g/mol. The molecular weight excluding hydrogens is 371 g/mol. The summed E-state index contributed by atoms with van der Waals surface area (Å²) in [4.78, 5) is 11.4. The minimum Gasteiger partial charge on any atom is -0.507 e. The van der Waals surface area contributed by atoms with Crippen molar-refractivity contribution in [3.05, 3.63) is 88.7 Å². The summed E-state index contributed by atoms with van der Waals surface area (Å²) in [6.07, 6.45) is 0. The summed E-state index contributed by atoms with van der Waals surface area (Å²) in [5.41, 5.74) is 2.52. The molecule has 1 aromatic heterocycles. The van der Waals surface area contributed by atoms with E-state index in [2.05, 4.69) is 11.8 Å². The van der Waals surface area contributed by atoms with Gasteiger partial charge in [-0.05, 0) is 36.8 Å². The molecule has 0 saturated carbocycles. The van der Waals surface area contributed by atoms with Crippen molar-refractivity contribution in [1.29, 1.82) is 0 Å². The second kappa shape index (κ2) is 7.17. The average molecular weight is 386 g/mol. The second-order valence-corrected chi connectivity index (χ2v) is 6.61. The summed E-state index contributed by atoms with van der Waals surface area (Å²) in [7, 11) is 0. The number of phenols is 1. The van der Waals surface area contributed by atoms with E-state index in [1.54, 1.807) is 13.0 Å². The molecule has 1 heterocycles. The van der Waals surface area contributed by atoms with E-state index in [0.29, 0.717) is 27.9 Å². The van der Waals surface area contributed by atoms with Crippen LogP contribution in [0.15, 0.2) is 65.1 Å². The Morgan fingerprint density at radius 3 is 2.48 bits per heavy atom. The van der Waals surface area contributed by atoms with Crippen LogP contribution in [0, 0.1) is 24.6 Å². The van der Waals surface area contributed by atoms with Crippen molar-refractivity contribution in [3.63, 3.8) is 0 Å². The number of carboxylic acids is 1. The molecule has 0 fully saturated rings. The number of aromatic carboxylic acids is 1. The number of furan rings is 1. The zero-order chi connectivity index (χ0) is 20.5. The molecule has 0 radical (unpaired) electrons. The van der Waals surface area contributed by atoms with Gasteiger partial charge in [0.2, 0.25) is 0 Å². The van der Waals surface area contributed by atoms with Gasteiger partial charge in [-0.3, -0.25) is 0 Å². The fraction of sp³-hybridized carbons (Fsp3) is 0.0417. The third-order valence-electron chi connectivity index (χ3n) is 4.45. The highest BCUT2D eigenvalue weighted by Gasteiger charge is 2.19. The molecule has 0 aliphatic rings. The molecule has 0 atom stereocenters. The summed E-state index contributed by atoms with van der Waals surface area (Å²) in [5, 5.41) is 19.8. The van der Waals surface area contributed by atoms with Crippen molar-refractivity contribution in [2.45, 2.75) is 6.92 Å². The fourth-order valence-electron chi connectivity index (χ4n) is 3.16. The molecule has 0 bridgehead atoms. The van der Waals surface area contributed by atoms with Gasteiger partial charge < -0.3 is 14.6 Å². The minimum atomic E-state index is -1.26. The number of benzene rings is 3. The van der Waals surface area contributed by atoms with Gasteiger partial charge in [-0.15, -0.1) is 0 Å². The first kappa shape index (κ1) is 18.3. The van der Waals surface area contributed by atoms with Crippen LogP contribution in [0.2, 0.25) is 0 Å². The van der Waals surface area contributed by atoms with Crippen molar-refractivity contribution < 1.29 is 23.8 Å². The highest BCUT2D eigenvalue weighted by atomic mass is 19.1. The zero-order valence-corrected chi connectivity index (χ0v) is 15.4. The molecule has 142 valence electrons. The predicted molar refractivity (Wildman–Crippen MR) is 107 cm³/mol. The maximum atomic E-state index is 13.7. The third kappa shape index (κ3) is 3.56. The normalized spacial score (nSPS) is 10.6. The van der Waals surface area contributed by atoms with Crippen LogP contribution in [0.5, 0.6) is 5.75 Å². The fourth-order valence-corrected chi connectivity index (χ4v) is 3.16. The Balaban J connectivity index is 1.98. The quantitative estimate of drug-likeness (QED) is 0.456. The number of halogens is 1. The Labute approximate surface area is 165 Å². The van der Waals surface area contributed by atoms with Gasteiger partial charge in [0, 0.05) is 22.6 Å². The molecule has 2 N–H and O–H groups in total. The molecular formula is C24H15FO4. The number of aryl methyl sites for hydroxylation is 1. The van der Waals surface area contributed by atoms with Crippen LogP contribution in [0.3, 0.4) is 0 Å². The second-order valence-electron chi connectivity index (χ2n) is 6.61. The molecule has 5 heteroatoms. The number of carboxylic acid groups (broad SMARTS) is 1. The highest BCUT2D eigenvalue weighted by Crippen LogP contribution is 2.36. The van der Waals surface area contributed by atoms with E-state index < -0.39 is 11.7 Å². The Morgan fingerprint density at radius 1 is 1.03 bits per heavy atom. The lowest BCUT2D eigenvalue weighted by atomic mass is 10.0. The Morgan fingerprint density at radius 2 is 1.79 bits per heavy atom. The summed E-state index contributed by atoms with van der Waals surface area (Å²) >= 11 is 0. The number of rotatable bonds is 2. The number of aromatic hydroxyl groups is 1. The van der Waals surface area contributed by atoms with Gasteiger partial charge >= 0.3 is 5.97 Å². The third-order valence-corrected chi connectivity index (χ3v) is 4.45. The highest BCUT2D eigenvalue weighted by molar-refractivity contribution is 6.00. The van der Waals surface area contributed by atoms with E-state index in [-0.39, 0.29) is 11.4 Å². The van der Waals surface area contributed by atoms with Crippen molar-refractivity contribution in [2.24, 2.45) is 0 Å². The molecule has 4 nitrogen and oxygen atoms in total. The summed E-state index contributed by atoms with van der Waals surface area (Å²) < 4.78 is 19.6. The lowest BCUT2D eigenvalue weighted by molar-refractivity contribution is 0.0694. The van der Waals surface area contributed by atoms with E-state index in [0.717, 1.165) is 11.1 Å². The molecule has 0 aliphatic heterocycles. The van der Waals surface area contributed by atoms with Gasteiger partial charge in [0.05, 0.1) is 5.56 Å². The van der Waals surface area contributed by atoms with Crippen molar-refractivity contribution in [3.8, 4) is 28.9 Å². The van der Waals surface area contributed by atoms with Gasteiger partial charge in [0.15, 0.2) is 5.76 Å². The summed E-state index contributed by atoms with van der Waals surface area (Å²) in [6.45, 7) is 1.78. The van der Waals surface area contributed by atoms with Crippen LogP contribution in [-0.4, -0.2) is 16.2 Å². The minimum absolute atomic E-state index is 0.248. The maximum Gasteiger partial charge on any atom is 0.339 e. The Kier molecular flexibility index (Phi) is 4.53. The largest absolute Gasteiger partial charge is 0.507 e. The average Bonchev–Trinajstić information content (AvgIpc) is 3.02. The van der Waals surface area contributed by atoms with Crippen LogP contribution < -0.4 is 0 Å². The van der Waals surface area contributed by atoms with E-state index >= 15 is 0 Å². The zero-order valence-electron chi connectivity index (χ0n) is 15.4. The molecule has 29 heavy (non-hydrogen) atoms. The standard InChI is InChI=1S/C24H15FO4/c1-14-9-15(11-17(25)10-14)7-8-18-19-12-20(24(27)28)21(26)13-22(19)29-23(18)16-5-3-2-4-6-16/h2-6,9-13,26H,1H3,(H,27,28). The molecule has 4 aromatic rings. The topological polar surface area (TPSA) is 70.7 Å². The lowest BCUT2D eigenvalue weighted by Crippen LogP contribution is -1.96. The summed E-state index contributed by atoms with van der Waals surface area (Å²) in [6, 6.07) is 16.3. The molecule has 0 saturated heterocycles. The maximum absolute atomic E-state index is 13.7. The van der Waals surface area contributed by atoms with E-state index in [1.807, 2.05) is 30.3 Å². The van der Waals surface area contributed by atoms with Gasteiger partial charge in [-0.2, -0.15) is 0 Å². The summed E-state index contributed by atoms with van der Waals surface area (Å²) in [5.74, 6) is 4.36. The number of hydrogen-bond acceptors (Lipinski definition) is 3. The van der Waals surface area contributed by atoms with Gasteiger partial charge in [0.1, 0.15) is 22.7 Å². The molecule has 4 rings (SSSR count). The van der Waals surface area contributed by atoms with Crippen LogP contribution in [0.4, 0.5) is 4.39 Å². The smallest absolute Gasteiger partial charge is 0.339 e. The Hall–Kier alpha value is -4.04. The molecule has 0 amide bonds. The van der Waals surface area contributed by atoms with Crippen LogP contribution in [0.1, 0.15) is 27.0 Å². The molecule has 0 spiro atoms. The van der Waals surface area contributed by atoms with E-state index in [4.69, 9.17) is 4.42 Å². The first-order chi connectivity index (χ1) is 13.9. The molecule has 0 aliphatic carbocycles. The van der Waals surface area contributed by atoms with Gasteiger partial charge in [-0.1, -0.05) is 42.2 Å². The number of hydrogen-bond donors (Lipinski definition) is 2. The van der Waals surface area contributed by atoms with Gasteiger partial charge in [-0.25, -0.2) is 9.18 Å². The Bertz CT molecular complexity index is 1290. The van der Waals surface area contributed by atoms with Gasteiger partial charge in [0.25, 0.3) is 0 Å². The number of carbonyl (C=O) groups is 1. The molecule has 3 aromatic carbocycles. The first-order valence-electron chi connectivity index (χ1n) is 8.80. The predicted octanol–water partition coefficient (Wildman–Crippen LogP) is 5.35. The molecule has 0 unspecified atom stereocenters. The number of fused-ring (bicyclic) bond motifs is 1. The lowest BCUT2D eigenvalue weighted by Gasteiger charge is -1.99. The van der Waals surface area contributed by atoms with Crippen LogP contribution >= 0.6 is 0 Å². The van der Waals surface area contributed by atoms with E-state index in [9.17, 15) is 19.4 Å². The van der Waals surface area contributed by atoms with Crippen molar-refractivity contribution in [1.82, 2.24) is 0 Å². The van der Waals surface area contributed by atoms with Crippen molar-refractivity contribution in [2.75, 3.05) is 0 Å². The van der Waals surface area contributed by atoms with Crippen LogP contribution in [-0.2, 0) is 0 Å². The van der Waals surface area contributed by atoms with E-state index in [1.165, 1.54) is 24.3 Å². The first-order valence-corrected chi connectivity index (χ1v) is 8.80. The SMILES string of the molecule is Cc1cc(F)cc(C#Cc2c(-c3ccccc3)oc3cc(O)c(C(=O)O)cc23)c1.